The van der Waals surface area contributed by atoms with E-state index in [-0.39, 0.29) is 0 Å². The Morgan fingerprint density at radius 2 is 2.12 bits per heavy atom. The number of aromatic nitrogens is 1. The highest BCUT2D eigenvalue weighted by atomic mass is 32.2. The average Bonchev–Trinajstić information content (AvgIpc) is 3.03. The number of nitrogens with zero attached hydrogens (tertiary/aromatic N) is 3. The smallest absolute Gasteiger partial charge is 0.277 e. The van der Waals surface area contributed by atoms with Crippen molar-refractivity contribution in [2.45, 2.75) is 13.0 Å². The quantitative estimate of drug-likeness (QED) is 0.838. The van der Waals surface area contributed by atoms with E-state index in [9.17, 15) is 8.42 Å². The first-order chi connectivity index (χ1) is 12.0. The first-order valence-electron chi connectivity index (χ1n) is 8.14. The highest BCUT2D eigenvalue weighted by molar-refractivity contribution is 8.01. The van der Waals surface area contributed by atoms with Gasteiger partial charge in [0.2, 0.25) is 0 Å². The van der Waals surface area contributed by atoms with Gasteiger partial charge in [0.1, 0.15) is 0 Å². The predicted molar refractivity (Wildman–Crippen MR) is 101 cm³/mol. The van der Waals surface area contributed by atoms with Gasteiger partial charge in [-0.2, -0.15) is 12.8 Å². The van der Waals surface area contributed by atoms with Crippen LogP contribution < -0.4 is 14.5 Å². The third-order valence-corrected chi connectivity index (χ3v) is 7.01. The molecule has 0 unspecified atom stereocenters. The van der Waals surface area contributed by atoms with Gasteiger partial charge in [-0.05, 0) is 48.3 Å². The zero-order valence-corrected chi connectivity index (χ0v) is 15.8. The summed E-state index contributed by atoms with van der Waals surface area (Å²) in [6.45, 7) is 2.29. The molecule has 0 aliphatic carbocycles. The van der Waals surface area contributed by atoms with Crippen LogP contribution in [0.5, 0.6) is 0 Å². The lowest BCUT2D eigenvalue weighted by atomic mass is 9.99. The predicted octanol–water partition coefficient (Wildman–Crippen LogP) is 0.365. The van der Waals surface area contributed by atoms with Crippen LogP contribution in [0.25, 0.3) is 11.1 Å². The number of hydrogen-bond donors (Lipinski definition) is 1. The van der Waals surface area contributed by atoms with Gasteiger partial charge in [0.15, 0.2) is 5.03 Å². The van der Waals surface area contributed by atoms with Gasteiger partial charge in [0.05, 0.1) is 16.4 Å². The van der Waals surface area contributed by atoms with E-state index in [4.69, 9.17) is 0 Å². The molecule has 0 amide bonds. The third-order valence-electron chi connectivity index (χ3n) is 4.69. The molecular formula is C17H20N4O2S2. The van der Waals surface area contributed by atoms with Crippen LogP contribution in [-0.2, 0) is 23.0 Å². The summed E-state index contributed by atoms with van der Waals surface area (Å²) in [5.41, 5.74) is 2.95. The molecule has 25 heavy (non-hydrogen) atoms. The summed E-state index contributed by atoms with van der Waals surface area (Å²) >= 11 is 1.32. The van der Waals surface area contributed by atoms with Gasteiger partial charge in [-0.25, -0.2) is 0 Å². The summed E-state index contributed by atoms with van der Waals surface area (Å²) < 4.78 is 34.2. The van der Waals surface area contributed by atoms with E-state index in [1.54, 1.807) is 18.1 Å². The minimum Gasteiger partial charge on any atom is -0.360 e. The van der Waals surface area contributed by atoms with Gasteiger partial charge >= 0.3 is 0 Å². The largest absolute Gasteiger partial charge is 0.360 e. The molecule has 4 rings (SSSR count). The van der Waals surface area contributed by atoms with Crippen molar-refractivity contribution in [3.05, 3.63) is 45.3 Å². The molecule has 0 saturated carbocycles. The molecule has 0 atom stereocenters. The normalized spacial score (nSPS) is 17.7. The number of anilines is 1. The maximum Gasteiger partial charge on any atom is 0.277 e. The Morgan fingerprint density at radius 1 is 1.28 bits per heavy atom. The molecule has 0 spiro atoms. The minimum atomic E-state index is -3.70. The summed E-state index contributed by atoms with van der Waals surface area (Å²) in [6, 6.07) is 5.84. The fourth-order valence-corrected chi connectivity index (χ4v) is 5.67. The summed E-state index contributed by atoms with van der Waals surface area (Å²) in [5.74, 6) is 0. The van der Waals surface area contributed by atoms with Gasteiger partial charge in [-0.3, -0.25) is 4.72 Å². The summed E-state index contributed by atoms with van der Waals surface area (Å²) in [7, 11) is 0.145. The van der Waals surface area contributed by atoms with Crippen LogP contribution in [0.2, 0.25) is 0 Å². The molecular weight excluding hydrogens is 356 g/mol. The van der Waals surface area contributed by atoms with E-state index < -0.39 is 10.0 Å². The first-order valence-corrected chi connectivity index (χ1v) is 10.4. The zero-order chi connectivity index (χ0) is 17.6. The minimum absolute atomic E-state index is 0.292. The van der Waals surface area contributed by atoms with Crippen molar-refractivity contribution < 1.29 is 8.42 Å². The molecule has 2 aliphatic rings. The van der Waals surface area contributed by atoms with Gasteiger partial charge in [-0.1, -0.05) is 12.1 Å². The Bertz CT molecular complexity index is 1040. The van der Waals surface area contributed by atoms with E-state index in [2.05, 4.69) is 27.1 Å². The highest BCUT2D eigenvalue weighted by Gasteiger charge is 2.27. The van der Waals surface area contributed by atoms with Crippen molar-refractivity contribution in [3.63, 3.8) is 0 Å². The molecule has 8 heteroatoms. The topological polar surface area (TPSA) is 65.5 Å². The Morgan fingerprint density at radius 3 is 2.96 bits per heavy atom. The van der Waals surface area contributed by atoms with E-state index in [1.807, 2.05) is 18.2 Å². The Labute approximate surface area is 151 Å². The number of likely N-dealkylation sites (N-methyl/N-ethyl adjacent to an activating group) is 1. The lowest BCUT2D eigenvalue weighted by Gasteiger charge is -2.28. The lowest BCUT2D eigenvalue weighted by Crippen LogP contribution is -2.40. The third kappa shape index (κ3) is 2.94. The summed E-state index contributed by atoms with van der Waals surface area (Å²) in [4.78, 5) is 3.95. The second-order valence-electron chi connectivity index (χ2n) is 6.53. The summed E-state index contributed by atoms with van der Waals surface area (Å²) in [6.07, 6.45) is 4.58. The molecule has 0 radical (unpaired) electrons. The van der Waals surface area contributed by atoms with Crippen molar-refractivity contribution in [2.24, 2.45) is 0 Å². The van der Waals surface area contributed by atoms with Crippen molar-refractivity contribution in [1.29, 1.82) is 0 Å². The molecule has 2 aromatic rings. The molecule has 0 bridgehead atoms. The second-order valence-corrected chi connectivity index (χ2v) is 8.96. The maximum atomic E-state index is 13.2. The molecule has 1 aromatic carbocycles. The fraction of sp³-hybridized carbons (Fsp3) is 0.353. The van der Waals surface area contributed by atoms with Gasteiger partial charge in [-0.15, -0.1) is 0 Å². The zero-order valence-electron chi connectivity index (χ0n) is 14.2. The molecule has 132 valence electrons. The van der Waals surface area contributed by atoms with Gasteiger partial charge < -0.3 is 9.80 Å². The van der Waals surface area contributed by atoms with Gasteiger partial charge in [0, 0.05) is 31.9 Å². The average molecular weight is 377 g/mol. The van der Waals surface area contributed by atoms with Crippen molar-refractivity contribution in [1.82, 2.24) is 14.2 Å². The van der Waals surface area contributed by atoms with Crippen LogP contribution >= 0.6 is 11.5 Å². The van der Waals surface area contributed by atoms with Crippen LogP contribution in [0.3, 0.4) is 0 Å². The first kappa shape index (κ1) is 16.6. The molecule has 1 aromatic heterocycles. The highest BCUT2D eigenvalue weighted by Crippen LogP contribution is 2.28. The molecule has 6 nitrogen and oxygen atoms in total. The Balaban J connectivity index is 1.80. The Hall–Kier alpha value is -1.90. The molecule has 0 saturated heterocycles. The molecule has 3 heterocycles. The standard InChI is InChI=1S/C17H20N4O2S2/c1-20-8-6-12-4-3-5-15(14(12)11-20)19-25(22,23)17-13-10-18-24-16(13)7-9-21(17)2/h3-5,7,10,19H,6,8-9,11H2,1-2H3. The van der Waals surface area contributed by atoms with Crippen LogP contribution in [0.15, 0.2) is 24.4 Å². The number of hydrogen-bond acceptors (Lipinski definition) is 6. The fourth-order valence-electron chi connectivity index (χ4n) is 3.42. The number of nitrogens with one attached hydrogen (secondary N) is 1. The monoisotopic (exact) mass is 376 g/mol. The van der Waals surface area contributed by atoms with E-state index in [0.29, 0.717) is 22.5 Å². The molecule has 2 aliphatic heterocycles. The molecule has 1 N–H and O–H groups in total. The summed E-state index contributed by atoms with van der Waals surface area (Å²) in [5, 5.41) is 0.966. The molecule has 0 fully saturated rings. The van der Waals surface area contributed by atoms with Crippen LogP contribution in [-0.4, -0.2) is 49.8 Å². The number of sulfonamides is 1. The maximum absolute atomic E-state index is 13.2. The SMILES string of the molecule is CN1CCc2cccc(NS(=O)(=O)C3=c4cnsc4=CCN3C)c2C1. The lowest BCUT2D eigenvalue weighted by molar-refractivity contribution is 0.313. The Kier molecular flexibility index (Phi) is 4.05. The number of fused-ring (bicyclic) bond motifs is 2. The van der Waals surface area contributed by atoms with Crippen LogP contribution in [0, 0.1) is 0 Å². The van der Waals surface area contributed by atoms with Crippen molar-refractivity contribution >= 4 is 38.3 Å². The van der Waals surface area contributed by atoms with Gasteiger partial charge in [0.25, 0.3) is 10.0 Å². The number of benzene rings is 1. The second kappa shape index (κ2) is 6.12. The number of rotatable bonds is 3. The van der Waals surface area contributed by atoms with Crippen LogP contribution in [0.4, 0.5) is 5.69 Å². The van der Waals surface area contributed by atoms with E-state index in [0.717, 1.165) is 29.6 Å². The van der Waals surface area contributed by atoms with Crippen molar-refractivity contribution in [3.8, 4) is 0 Å². The van der Waals surface area contributed by atoms with Crippen molar-refractivity contribution in [2.75, 3.05) is 31.9 Å². The van der Waals surface area contributed by atoms with E-state index >= 15 is 0 Å². The van der Waals surface area contributed by atoms with E-state index in [1.165, 1.54) is 17.1 Å². The van der Waals surface area contributed by atoms with Crippen LogP contribution in [0.1, 0.15) is 11.1 Å².